The molecular weight excluding hydrogens is 210 g/mol. The van der Waals surface area contributed by atoms with Gasteiger partial charge < -0.3 is 10.8 Å². The summed E-state index contributed by atoms with van der Waals surface area (Å²) in [6, 6.07) is 7.67. The van der Waals surface area contributed by atoms with E-state index in [2.05, 4.69) is 0 Å². The molecule has 78 valence electrons. The lowest BCUT2D eigenvalue weighted by atomic mass is 9.93. The van der Waals surface area contributed by atoms with Gasteiger partial charge in [0.2, 0.25) is 0 Å². The molecule has 1 aromatic carbocycles. The third kappa shape index (κ3) is 1.52. The van der Waals surface area contributed by atoms with Crippen molar-refractivity contribution in [1.82, 2.24) is 0 Å². The number of rotatable bonds is 2. The van der Waals surface area contributed by atoms with Crippen LogP contribution in [0.15, 0.2) is 29.6 Å². The summed E-state index contributed by atoms with van der Waals surface area (Å²) in [5.41, 5.74) is 5.16. The van der Waals surface area contributed by atoms with Crippen molar-refractivity contribution in [1.29, 1.82) is 0 Å². The molecule has 1 aromatic heterocycles. The second-order valence-electron chi connectivity index (χ2n) is 3.65. The molecule has 0 aliphatic carbocycles. The Labute approximate surface area is 91.1 Å². The summed E-state index contributed by atoms with van der Waals surface area (Å²) in [6.45, 7) is 1.52. The summed E-state index contributed by atoms with van der Waals surface area (Å²) in [7, 11) is 0. The van der Waals surface area contributed by atoms with E-state index in [1.807, 2.05) is 29.6 Å². The fourth-order valence-electron chi connectivity index (χ4n) is 1.50. The third-order valence-electron chi connectivity index (χ3n) is 2.48. The molecule has 15 heavy (non-hydrogen) atoms. The topological polar surface area (TPSA) is 63.3 Å². The van der Waals surface area contributed by atoms with Gasteiger partial charge in [0, 0.05) is 10.3 Å². The lowest BCUT2D eigenvalue weighted by Gasteiger charge is -2.18. The monoisotopic (exact) mass is 221 g/mol. The molecule has 0 radical (unpaired) electrons. The average molecular weight is 221 g/mol. The zero-order chi connectivity index (χ0) is 11.1. The third-order valence-corrected chi connectivity index (χ3v) is 3.45. The number of carbonyl (C=O) groups is 1. The molecule has 0 spiro atoms. The Morgan fingerprint density at radius 3 is 2.80 bits per heavy atom. The lowest BCUT2D eigenvalue weighted by molar-refractivity contribution is -0.142. The van der Waals surface area contributed by atoms with Crippen LogP contribution in [0, 0.1) is 0 Å². The molecule has 1 atom stereocenters. The predicted octanol–water partition coefficient (Wildman–Crippen LogP) is 2.16. The molecule has 3 nitrogen and oxygen atoms in total. The van der Waals surface area contributed by atoms with Gasteiger partial charge in [-0.1, -0.05) is 18.2 Å². The Balaban J connectivity index is 2.67. The van der Waals surface area contributed by atoms with Crippen LogP contribution in [-0.2, 0) is 10.3 Å². The normalized spacial score (nSPS) is 15.1. The molecule has 1 heterocycles. The molecule has 2 rings (SSSR count). The van der Waals surface area contributed by atoms with Gasteiger partial charge in [0.1, 0.15) is 5.54 Å². The Morgan fingerprint density at radius 1 is 1.47 bits per heavy atom. The fourth-order valence-corrected chi connectivity index (χ4v) is 2.57. The van der Waals surface area contributed by atoms with Gasteiger partial charge in [0.15, 0.2) is 0 Å². The maximum absolute atomic E-state index is 11.0. The number of carboxylic acids is 1. The molecule has 3 N–H and O–H groups in total. The van der Waals surface area contributed by atoms with E-state index in [1.54, 1.807) is 0 Å². The van der Waals surface area contributed by atoms with Crippen LogP contribution >= 0.6 is 11.3 Å². The molecule has 0 saturated carbocycles. The number of hydrogen-bond acceptors (Lipinski definition) is 3. The smallest absolute Gasteiger partial charge is 0.328 e. The second kappa shape index (κ2) is 3.32. The van der Waals surface area contributed by atoms with Crippen LogP contribution in [0.1, 0.15) is 12.5 Å². The summed E-state index contributed by atoms with van der Waals surface area (Å²) in [6.07, 6.45) is 0. The van der Waals surface area contributed by atoms with Gasteiger partial charge in [-0.25, -0.2) is 4.79 Å². The van der Waals surface area contributed by atoms with Crippen molar-refractivity contribution < 1.29 is 9.90 Å². The molecule has 0 aliphatic heterocycles. The van der Waals surface area contributed by atoms with Crippen molar-refractivity contribution in [3.8, 4) is 0 Å². The molecule has 2 aromatic rings. The van der Waals surface area contributed by atoms with Crippen LogP contribution in [0.5, 0.6) is 0 Å². The molecule has 0 bridgehead atoms. The first-order valence-corrected chi connectivity index (χ1v) is 5.40. The van der Waals surface area contributed by atoms with E-state index in [0.717, 1.165) is 10.1 Å². The Morgan fingerprint density at radius 2 is 2.13 bits per heavy atom. The standard InChI is InChI=1S/C11H11NO2S/c1-11(12,10(13)14)8-6-15-9-5-3-2-4-7(8)9/h2-6H,12H2,1H3,(H,13,14). The van der Waals surface area contributed by atoms with Gasteiger partial charge in [-0.3, -0.25) is 0 Å². The SMILES string of the molecule is CC(N)(C(=O)O)c1csc2ccccc12. The van der Waals surface area contributed by atoms with Crippen molar-refractivity contribution >= 4 is 27.4 Å². The van der Waals surface area contributed by atoms with Gasteiger partial charge in [0.25, 0.3) is 0 Å². The van der Waals surface area contributed by atoms with E-state index >= 15 is 0 Å². The molecule has 0 amide bonds. The molecule has 0 fully saturated rings. The van der Waals surface area contributed by atoms with E-state index in [0.29, 0.717) is 5.56 Å². The molecule has 4 heteroatoms. The quantitative estimate of drug-likeness (QED) is 0.816. The van der Waals surface area contributed by atoms with Crippen molar-refractivity contribution in [2.45, 2.75) is 12.5 Å². The lowest BCUT2D eigenvalue weighted by Crippen LogP contribution is -2.41. The van der Waals surface area contributed by atoms with Crippen molar-refractivity contribution in [2.24, 2.45) is 5.73 Å². The van der Waals surface area contributed by atoms with Crippen LogP contribution in [0.4, 0.5) is 0 Å². The summed E-state index contributed by atoms with van der Waals surface area (Å²) in [4.78, 5) is 11.0. The summed E-state index contributed by atoms with van der Waals surface area (Å²) in [5, 5.41) is 11.8. The highest BCUT2D eigenvalue weighted by Gasteiger charge is 2.32. The highest BCUT2D eigenvalue weighted by atomic mass is 32.1. The number of fused-ring (bicyclic) bond motifs is 1. The van der Waals surface area contributed by atoms with E-state index in [9.17, 15) is 4.79 Å². The Hall–Kier alpha value is -1.39. The zero-order valence-corrected chi connectivity index (χ0v) is 9.04. The van der Waals surface area contributed by atoms with Gasteiger partial charge >= 0.3 is 5.97 Å². The first-order chi connectivity index (χ1) is 7.03. The highest BCUT2D eigenvalue weighted by molar-refractivity contribution is 7.17. The van der Waals surface area contributed by atoms with Crippen LogP contribution in [-0.4, -0.2) is 11.1 Å². The maximum atomic E-state index is 11.0. The molecule has 0 aliphatic rings. The number of benzene rings is 1. The van der Waals surface area contributed by atoms with E-state index in [1.165, 1.54) is 18.3 Å². The number of aliphatic carboxylic acids is 1. The Bertz CT molecular complexity index is 516. The van der Waals surface area contributed by atoms with Gasteiger partial charge in [-0.15, -0.1) is 11.3 Å². The number of carboxylic acid groups (broad SMARTS) is 1. The minimum absolute atomic E-state index is 0.676. The maximum Gasteiger partial charge on any atom is 0.328 e. The summed E-state index contributed by atoms with van der Waals surface area (Å²) >= 11 is 1.51. The molecule has 0 saturated heterocycles. The predicted molar refractivity (Wildman–Crippen MR) is 61.0 cm³/mol. The number of hydrogen-bond donors (Lipinski definition) is 2. The minimum Gasteiger partial charge on any atom is -0.480 e. The largest absolute Gasteiger partial charge is 0.480 e. The van der Waals surface area contributed by atoms with Gasteiger partial charge in [-0.05, 0) is 23.8 Å². The fraction of sp³-hybridized carbons (Fsp3) is 0.182. The number of nitrogens with two attached hydrogens (primary N) is 1. The molecule has 1 unspecified atom stereocenters. The minimum atomic E-state index is -1.32. The van der Waals surface area contributed by atoms with Crippen LogP contribution in [0.2, 0.25) is 0 Å². The van der Waals surface area contributed by atoms with E-state index in [4.69, 9.17) is 10.8 Å². The van der Waals surface area contributed by atoms with Crippen molar-refractivity contribution in [3.63, 3.8) is 0 Å². The van der Waals surface area contributed by atoms with Crippen LogP contribution in [0.25, 0.3) is 10.1 Å². The van der Waals surface area contributed by atoms with E-state index < -0.39 is 11.5 Å². The van der Waals surface area contributed by atoms with Crippen LogP contribution in [0.3, 0.4) is 0 Å². The number of thiophene rings is 1. The van der Waals surface area contributed by atoms with Crippen molar-refractivity contribution in [2.75, 3.05) is 0 Å². The second-order valence-corrected chi connectivity index (χ2v) is 4.56. The van der Waals surface area contributed by atoms with Gasteiger partial charge in [0.05, 0.1) is 0 Å². The first-order valence-electron chi connectivity index (χ1n) is 4.52. The highest BCUT2D eigenvalue weighted by Crippen LogP contribution is 2.32. The molecular formula is C11H11NO2S. The first kappa shape index (κ1) is 10.1. The van der Waals surface area contributed by atoms with E-state index in [-0.39, 0.29) is 0 Å². The van der Waals surface area contributed by atoms with Crippen LogP contribution < -0.4 is 5.73 Å². The summed E-state index contributed by atoms with van der Waals surface area (Å²) < 4.78 is 1.06. The summed E-state index contributed by atoms with van der Waals surface area (Å²) in [5.74, 6) is -1.01. The Kier molecular flexibility index (Phi) is 2.25. The van der Waals surface area contributed by atoms with Gasteiger partial charge in [-0.2, -0.15) is 0 Å². The average Bonchev–Trinajstić information content (AvgIpc) is 2.61. The van der Waals surface area contributed by atoms with Crippen molar-refractivity contribution in [3.05, 3.63) is 35.2 Å². The zero-order valence-electron chi connectivity index (χ0n) is 8.23.